The minimum absolute atomic E-state index is 0.552. The topological polar surface area (TPSA) is 17.8 Å². The van der Waals surface area contributed by atoms with Crippen LogP contribution in [0.15, 0.2) is 18.2 Å². The van der Waals surface area contributed by atoms with E-state index in [1.165, 1.54) is 23.9 Å². The first kappa shape index (κ1) is 12.0. The molecule has 0 aliphatic heterocycles. The van der Waals surface area contributed by atoms with Crippen LogP contribution in [0.4, 0.5) is 0 Å². The Labute approximate surface area is 113 Å². The zero-order chi connectivity index (χ0) is 12.7. The third-order valence-electron chi connectivity index (χ3n) is 3.95. The standard InChI is InChI=1S/C15H19ClN2/c1-10-3-6-14-13(9-10)17-15(7-8-16)18(14)11(2)12-4-5-12/h3,6,9,11-12H,4-5,7-8H2,1-2H3. The lowest BCUT2D eigenvalue weighted by Gasteiger charge is -2.16. The smallest absolute Gasteiger partial charge is 0.111 e. The molecule has 0 N–H and O–H groups in total. The van der Waals surface area contributed by atoms with Gasteiger partial charge in [-0.3, -0.25) is 0 Å². The quantitative estimate of drug-likeness (QED) is 0.759. The van der Waals surface area contributed by atoms with E-state index in [2.05, 4.69) is 36.6 Å². The summed E-state index contributed by atoms with van der Waals surface area (Å²) in [7, 11) is 0. The van der Waals surface area contributed by atoms with Crippen molar-refractivity contribution in [2.45, 2.75) is 39.2 Å². The zero-order valence-electron chi connectivity index (χ0n) is 11.0. The van der Waals surface area contributed by atoms with Gasteiger partial charge in [-0.05, 0) is 50.3 Å². The van der Waals surface area contributed by atoms with Gasteiger partial charge in [-0.25, -0.2) is 4.98 Å². The molecule has 3 rings (SSSR count). The van der Waals surface area contributed by atoms with Crippen molar-refractivity contribution in [3.63, 3.8) is 0 Å². The largest absolute Gasteiger partial charge is 0.325 e. The highest BCUT2D eigenvalue weighted by molar-refractivity contribution is 6.17. The average Bonchev–Trinajstić information content (AvgIpc) is 3.11. The van der Waals surface area contributed by atoms with Crippen LogP contribution in [0.2, 0.25) is 0 Å². The van der Waals surface area contributed by atoms with E-state index >= 15 is 0 Å². The number of hydrogen-bond acceptors (Lipinski definition) is 1. The molecule has 1 atom stereocenters. The summed E-state index contributed by atoms with van der Waals surface area (Å²) in [4.78, 5) is 4.77. The van der Waals surface area contributed by atoms with Crippen LogP contribution >= 0.6 is 11.6 Å². The van der Waals surface area contributed by atoms with E-state index < -0.39 is 0 Å². The summed E-state index contributed by atoms with van der Waals surface area (Å²) >= 11 is 5.91. The van der Waals surface area contributed by atoms with Crippen molar-refractivity contribution in [1.82, 2.24) is 9.55 Å². The fourth-order valence-corrected chi connectivity index (χ4v) is 2.93. The van der Waals surface area contributed by atoms with Crippen molar-refractivity contribution in [2.24, 2.45) is 5.92 Å². The van der Waals surface area contributed by atoms with Crippen LogP contribution in [0.3, 0.4) is 0 Å². The van der Waals surface area contributed by atoms with E-state index in [-0.39, 0.29) is 0 Å². The van der Waals surface area contributed by atoms with Gasteiger partial charge in [0.05, 0.1) is 11.0 Å². The van der Waals surface area contributed by atoms with Crippen molar-refractivity contribution in [2.75, 3.05) is 5.88 Å². The molecule has 0 radical (unpaired) electrons. The zero-order valence-corrected chi connectivity index (χ0v) is 11.7. The maximum Gasteiger partial charge on any atom is 0.111 e. The maximum absolute atomic E-state index is 5.91. The summed E-state index contributed by atoms with van der Waals surface area (Å²) in [6.45, 7) is 4.43. The molecule has 2 aromatic rings. The third-order valence-corrected chi connectivity index (χ3v) is 4.14. The fourth-order valence-electron chi connectivity index (χ4n) is 2.76. The van der Waals surface area contributed by atoms with Crippen LogP contribution in [0.25, 0.3) is 11.0 Å². The normalized spacial score (nSPS) is 17.3. The van der Waals surface area contributed by atoms with Crippen molar-refractivity contribution >= 4 is 22.6 Å². The summed E-state index contributed by atoms with van der Waals surface area (Å²) in [6.07, 6.45) is 3.56. The second kappa shape index (κ2) is 4.58. The summed E-state index contributed by atoms with van der Waals surface area (Å²) in [6, 6.07) is 7.10. The maximum atomic E-state index is 5.91. The molecular weight excluding hydrogens is 244 g/mol. The lowest BCUT2D eigenvalue weighted by Crippen LogP contribution is -2.11. The number of aromatic nitrogens is 2. The molecule has 0 saturated heterocycles. The van der Waals surface area contributed by atoms with Gasteiger partial charge in [-0.15, -0.1) is 11.6 Å². The summed E-state index contributed by atoms with van der Waals surface area (Å²) in [5.74, 6) is 2.61. The highest BCUT2D eigenvalue weighted by atomic mass is 35.5. The van der Waals surface area contributed by atoms with E-state index in [9.17, 15) is 0 Å². The third kappa shape index (κ3) is 2.03. The van der Waals surface area contributed by atoms with E-state index in [1.54, 1.807) is 0 Å². The Morgan fingerprint density at radius 1 is 1.44 bits per heavy atom. The van der Waals surface area contributed by atoms with Crippen LogP contribution < -0.4 is 0 Å². The van der Waals surface area contributed by atoms with Crippen LogP contribution in [0.1, 0.15) is 37.2 Å². The molecular formula is C15H19ClN2. The molecule has 1 saturated carbocycles. The molecule has 3 heteroatoms. The Morgan fingerprint density at radius 2 is 2.22 bits per heavy atom. The van der Waals surface area contributed by atoms with Gasteiger partial charge in [0.25, 0.3) is 0 Å². The molecule has 1 unspecified atom stereocenters. The van der Waals surface area contributed by atoms with Gasteiger partial charge in [-0.2, -0.15) is 0 Å². The van der Waals surface area contributed by atoms with Crippen molar-refractivity contribution in [1.29, 1.82) is 0 Å². The molecule has 1 heterocycles. The Bertz CT molecular complexity index is 569. The Balaban J connectivity index is 2.14. The number of nitrogens with zero attached hydrogens (tertiary/aromatic N) is 2. The molecule has 2 nitrogen and oxygen atoms in total. The minimum Gasteiger partial charge on any atom is -0.325 e. The van der Waals surface area contributed by atoms with Gasteiger partial charge < -0.3 is 4.57 Å². The van der Waals surface area contributed by atoms with E-state index in [4.69, 9.17) is 16.6 Å². The van der Waals surface area contributed by atoms with Crippen molar-refractivity contribution < 1.29 is 0 Å². The highest BCUT2D eigenvalue weighted by Gasteiger charge is 2.31. The monoisotopic (exact) mass is 262 g/mol. The van der Waals surface area contributed by atoms with E-state index in [0.29, 0.717) is 11.9 Å². The highest BCUT2D eigenvalue weighted by Crippen LogP contribution is 2.41. The van der Waals surface area contributed by atoms with Crippen molar-refractivity contribution in [3.05, 3.63) is 29.6 Å². The average molecular weight is 263 g/mol. The number of halogens is 1. The van der Waals surface area contributed by atoms with E-state index in [0.717, 1.165) is 23.7 Å². The van der Waals surface area contributed by atoms with Crippen LogP contribution in [0.5, 0.6) is 0 Å². The number of hydrogen-bond donors (Lipinski definition) is 0. The lowest BCUT2D eigenvalue weighted by atomic mass is 10.2. The van der Waals surface area contributed by atoms with Crippen LogP contribution in [0, 0.1) is 12.8 Å². The Hall–Kier alpha value is -1.02. The number of alkyl halides is 1. The number of imidazole rings is 1. The van der Waals surface area contributed by atoms with Gasteiger partial charge in [0.15, 0.2) is 0 Å². The van der Waals surface area contributed by atoms with Gasteiger partial charge in [-0.1, -0.05) is 6.07 Å². The number of aryl methyl sites for hydroxylation is 2. The van der Waals surface area contributed by atoms with Crippen molar-refractivity contribution in [3.8, 4) is 0 Å². The lowest BCUT2D eigenvalue weighted by molar-refractivity contribution is 0.482. The molecule has 0 amide bonds. The molecule has 0 spiro atoms. The number of fused-ring (bicyclic) bond motifs is 1. The van der Waals surface area contributed by atoms with E-state index in [1.807, 2.05) is 0 Å². The summed E-state index contributed by atoms with van der Waals surface area (Å²) < 4.78 is 2.41. The number of benzene rings is 1. The molecule has 96 valence electrons. The van der Waals surface area contributed by atoms with Crippen LogP contribution in [-0.4, -0.2) is 15.4 Å². The molecule has 1 aliphatic rings. The SMILES string of the molecule is Cc1ccc2c(c1)nc(CCCl)n2C(C)C1CC1. The minimum atomic E-state index is 0.552. The van der Waals surface area contributed by atoms with Crippen LogP contribution in [-0.2, 0) is 6.42 Å². The first-order valence-electron chi connectivity index (χ1n) is 6.74. The van der Waals surface area contributed by atoms with Gasteiger partial charge in [0.2, 0.25) is 0 Å². The Kier molecular flexibility index (Phi) is 3.06. The predicted octanol–water partition coefficient (Wildman–Crippen LogP) is 4.10. The molecule has 1 aromatic carbocycles. The second-order valence-electron chi connectivity index (χ2n) is 5.41. The molecule has 1 fully saturated rings. The van der Waals surface area contributed by atoms with Gasteiger partial charge in [0, 0.05) is 18.3 Å². The predicted molar refractivity (Wildman–Crippen MR) is 76.3 cm³/mol. The Morgan fingerprint density at radius 3 is 2.89 bits per heavy atom. The summed E-state index contributed by atoms with van der Waals surface area (Å²) in [5.41, 5.74) is 3.64. The summed E-state index contributed by atoms with van der Waals surface area (Å²) in [5, 5.41) is 0. The number of rotatable bonds is 4. The molecule has 0 bridgehead atoms. The second-order valence-corrected chi connectivity index (χ2v) is 5.79. The molecule has 1 aromatic heterocycles. The first-order valence-corrected chi connectivity index (χ1v) is 7.27. The molecule has 1 aliphatic carbocycles. The van der Waals surface area contributed by atoms with Gasteiger partial charge >= 0.3 is 0 Å². The first-order chi connectivity index (χ1) is 8.70. The fraction of sp³-hybridized carbons (Fsp3) is 0.533. The van der Waals surface area contributed by atoms with Gasteiger partial charge in [0.1, 0.15) is 5.82 Å². The molecule has 18 heavy (non-hydrogen) atoms.